The predicted molar refractivity (Wildman–Crippen MR) is 157 cm³/mol. The molecule has 7 heteroatoms. The summed E-state index contributed by atoms with van der Waals surface area (Å²) in [7, 11) is 1.78. The van der Waals surface area contributed by atoms with Gasteiger partial charge >= 0.3 is 11.9 Å². The van der Waals surface area contributed by atoms with Crippen molar-refractivity contribution in [2.24, 2.45) is 45.3 Å². The van der Waals surface area contributed by atoms with Gasteiger partial charge in [0.2, 0.25) is 0 Å². The number of hydrogen-bond acceptors (Lipinski definition) is 6. The topological polar surface area (TPSA) is 110 Å². The summed E-state index contributed by atoms with van der Waals surface area (Å²) in [5.74, 6) is -1.27. The van der Waals surface area contributed by atoms with Crippen molar-refractivity contribution >= 4 is 18.2 Å². The first-order chi connectivity index (χ1) is 19.1. The van der Waals surface area contributed by atoms with E-state index in [0.717, 1.165) is 37.7 Å². The van der Waals surface area contributed by atoms with Crippen LogP contribution in [-0.4, -0.2) is 53.9 Å². The largest absolute Gasteiger partial charge is 0.481 e. The van der Waals surface area contributed by atoms with Gasteiger partial charge in [-0.05, 0) is 87.4 Å². The van der Waals surface area contributed by atoms with Crippen LogP contribution in [0.3, 0.4) is 0 Å². The summed E-state index contributed by atoms with van der Waals surface area (Å²) >= 11 is 0. The molecule has 7 nitrogen and oxygen atoms in total. The molecule has 4 aliphatic rings. The Morgan fingerprint density at radius 2 is 1.76 bits per heavy atom. The molecule has 0 unspecified atom stereocenters. The molecule has 0 saturated heterocycles. The number of methoxy groups -OCH3 is 1. The molecule has 230 valence electrons. The molecule has 0 heterocycles. The van der Waals surface area contributed by atoms with Crippen LogP contribution in [0.25, 0.3) is 0 Å². The van der Waals surface area contributed by atoms with Crippen LogP contribution in [-0.2, 0) is 23.9 Å². The molecule has 2 N–H and O–H groups in total. The number of allylic oxidation sites excluding steroid dienone is 1. The molecule has 0 aliphatic heterocycles. The van der Waals surface area contributed by atoms with Gasteiger partial charge in [0, 0.05) is 23.9 Å². The van der Waals surface area contributed by atoms with Crippen molar-refractivity contribution in [2.75, 3.05) is 7.11 Å². The lowest BCUT2D eigenvalue weighted by molar-refractivity contribution is -0.186. The predicted octanol–water partition coefficient (Wildman–Crippen LogP) is 6.14. The van der Waals surface area contributed by atoms with Crippen LogP contribution in [0.15, 0.2) is 23.3 Å². The smallest absolute Gasteiger partial charge is 0.317 e. The fourth-order valence-electron chi connectivity index (χ4n) is 10.2. The van der Waals surface area contributed by atoms with Crippen molar-refractivity contribution in [2.45, 2.75) is 118 Å². The maximum atomic E-state index is 13.3. The molecule has 0 aromatic heterocycles. The van der Waals surface area contributed by atoms with Crippen LogP contribution in [0.2, 0.25) is 0 Å². The van der Waals surface area contributed by atoms with Crippen molar-refractivity contribution < 1.29 is 34.1 Å². The lowest BCUT2D eigenvalue weighted by atomic mass is 9.38. The molecule has 10 atom stereocenters. The number of carbonyl (C=O) groups excluding carboxylic acids is 2. The van der Waals surface area contributed by atoms with Gasteiger partial charge in [0.25, 0.3) is 0 Å². The number of aliphatic carboxylic acids is 1. The van der Waals surface area contributed by atoms with Gasteiger partial charge in [-0.1, -0.05) is 57.9 Å². The van der Waals surface area contributed by atoms with Crippen molar-refractivity contribution in [3.05, 3.63) is 23.3 Å². The number of fused-ring (bicyclic) bond motifs is 5. The second-order valence-corrected chi connectivity index (χ2v) is 14.9. The Hall–Kier alpha value is -1.99. The third-order valence-corrected chi connectivity index (χ3v) is 12.3. The van der Waals surface area contributed by atoms with E-state index in [-0.39, 0.29) is 28.8 Å². The molecule has 0 aromatic rings. The first-order valence-corrected chi connectivity index (χ1v) is 15.5. The lowest BCUT2D eigenvalue weighted by Crippen LogP contribution is -2.64. The number of aliphatic hydroxyl groups is 1. The molecule has 0 amide bonds. The lowest BCUT2D eigenvalue weighted by Gasteiger charge is -2.66. The van der Waals surface area contributed by atoms with Gasteiger partial charge in [0.15, 0.2) is 0 Å². The molecule has 4 rings (SSSR count). The Morgan fingerprint density at radius 1 is 1.07 bits per heavy atom. The summed E-state index contributed by atoms with van der Waals surface area (Å²) in [5.41, 5.74) is 0.710. The number of carbonyl (C=O) groups is 3. The van der Waals surface area contributed by atoms with E-state index in [2.05, 4.69) is 40.7 Å². The Labute approximate surface area is 246 Å². The molecule has 3 fully saturated rings. The van der Waals surface area contributed by atoms with Crippen molar-refractivity contribution in [1.82, 2.24) is 0 Å². The maximum Gasteiger partial charge on any atom is 0.317 e. The van der Waals surface area contributed by atoms with Crippen molar-refractivity contribution in [3.8, 4) is 0 Å². The normalized spacial score (nSPS) is 40.6. The number of esters is 1. The van der Waals surface area contributed by atoms with E-state index >= 15 is 0 Å². The summed E-state index contributed by atoms with van der Waals surface area (Å²) in [6, 6.07) is 0. The summed E-state index contributed by atoms with van der Waals surface area (Å²) in [6.07, 6.45) is 9.38. The minimum absolute atomic E-state index is 0.0156. The minimum atomic E-state index is -1.21. The number of aldehydes is 1. The minimum Gasteiger partial charge on any atom is -0.481 e. The first-order valence-electron chi connectivity index (χ1n) is 15.5. The number of hydrogen-bond donors (Lipinski definition) is 2. The summed E-state index contributed by atoms with van der Waals surface area (Å²) in [5, 5.41) is 21.0. The van der Waals surface area contributed by atoms with Crippen LogP contribution in [0.5, 0.6) is 0 Å². The standard InChI is InChI=1S/C34H52O7/c1-20(2)15-22(40-8)16-21(3)23-11-12-33(7)30-26(36)17-25-24(34(30,19-35)14-13-32(23,33)6)9-10-27(31(25,4)5)41-29(39)18-28(37)38/h15,17,19,21-24,26-27,30,36H,9-14,16,18H2,1-8H3,(H,37,38)/t21-,22+,23-,24-,26+,27+,30+,32-,33+,34-/m1/s1. The van der Waals surface area contributed by atoms with Gasteiger partial charge in [0.05, 0.1) is 12.2 Å². The van der Waals surface area contributed by atoms with Gasteiger partial charge in [-0.3, -0.25) is 9.59 Å². The number of carboxylic acid groups (broad SMARTS) is 1. The highest BCUT2D eigenvalue weighted by Crippen LogP contribution is 2.74. The zero-order valence-electron chi connectivity index (χ0n) is 26.4. The van der Waals surface area contributed by atoms with Crippen LogP contribution < -0.4 is 0 Å². The van der Waals surface area contributed by atoms with Crippen LogP contribution >= 0.6 is 0 Å². The molecule has 0 aromatic carbocycles. The Balaban J connectivity index is 1.66. The first kappa shape index (κ1) is 31.9. The number of rotatable bonds is 9. The molecule has 3 saturated carbocycles. The van der Waals surface area contributed by atoms with E-state index in [1.165, 1.54) is 11.9 Å². The van der Waals surface area contributed by atoms with E-state index in [4.69, 9.17) is 14.6 Å². The summed E-state index contributed by atoms with van der Waals surface area (Å²) in [4.78, 5) is 36.7. The molecule has 0 bridgehead atoms. The fraction of sp³-hybridized carbons (Fsp3) is 0.794. The van der Waals surface area contributed by atoms with Crippen LogP contribution in [0, 0.1) is 45.3 Å². The van der Waals surface area contributed by atoms with E-state index in [0.29, 0.717) is 24.7 Å². The Bertz CT molecular complexity index is 1100. The highest BCUT2D eigenvalue weighted by Gasteiger charge is 2.70. The summed E-state index contributed by atoms with van der Waals surface area (Å²) < 4.78 is 11.5. The van der Waals surface area contributed by atoms with Crippen molar-refractivity contribution in [1.29, 1.82) is 0 Å². The molecular weight excluding hydrogens is 520 g/mol. The zero-order valence-corrected chi connectivity index (χ0v) is 26.4. The van der Waals surface area contributed by atoms with E-state index in [1.807, 2.05) is 19.9 Å². The number of aliphatic hydroxyl groups excluding tert-OH is 1. The van der Waals surface area contributed by atoms with Gasteiger partial charge < -0.3 is 24.5 Å². The van der Waals surface area contributed by atoms with Gasteiger partial charge in [0.1, 0.15) is 18.8 Å². The Kier molecular flexibility index (Phi) is 8.77. The number of ether oxygens (including phenoxy) is 2. The van der Waals surface area contributed by atoms with E-state index < -0.39 is 41.4 Å². The molecule has 4 aliphatic carbocycles. The highest BCUT2D eigenvalue weighted by atomic mass is 16.5. The van der Waals surface area contributed by atoms with Gasteiger partial charge in [-0.25, -0.2) is 0 Å². The average Bonchev–Trinajstić information content (AvgIpc) is 3.15. The molecular formula is C34H52O7. The monoisotopic (exact) mass is 572 g/mol. The SMILES string of the molecule is CO[C@@H](C=C(C)C)C[C@@H](C)[C@H]1CC[C@@]2(C)[C@@H]3[C@@H](O)C=C4[C@@H](CC[C@H](OC(=O)CC(=O)O)C4(C)C)[C@]3(C=O)CC[C@]12C. The Morgan fingerprint density at radius 3 is 2.34 bits per heavy atom. The third-order valence-electron chi connectivity index (χ3n) is 12.3. The maximum absolute atomic E-state index is 13.3. The van der Waals surface area contributed by atoms with Crippen LogP contribution in [0.4, 0.5) is 0 Å². The highest BCUT2D eigenvalue weighted by molar-refractivity contribution is 5.90. The van der Waals surface area contributed by atoms with Gasteiger partial charge in [-0.2, -0.15) is 0 Å². The summed E-state index contributed by atoms with van der Waals surface area (Å²) in [6.45, 7) is 15.3. The number of carboxylic acids is 1. The van der Waals surface area contributed by atoms with E-state index in [1.54, 1.807) is 7.11 Å². The van der Waals surface area contributed by atoms with Gasteiger partial charge in [-0.15, -0.1) is 0 Å². The third kappa shape index (κ3) is 5.13. The molecule has 0 radical (unpaired) electrons. The van der Waals surface area contributed by atoms with Crippen LogP contribution in [0.1, 0.15) is 99.8 Å². The molecule has 0 spiro atoms. The second kappa shape index (κ2) is 11.3. The second-order valence-electron chi connectivity index (χ2n) is 14.9. The average molecular weight is 573 g/mol. The fourth-order valence-corrected chi connectivity index (χ4v) is 10.2. The molecule has 41 heavy (non-hydrogen) atoms. The van der Waals surface area contributed by atoms with Crippen molar-refractivity contribution in [3.63, 3.8) is 0 Å². The van der Waals surface area contributed by atoms with E-state index in [9.17, 15) is 19.5 Å². The quantitative estimate of drug-likeness (QED) is 0.148. The zero-order chi connectivity index (χ0) is 30.5.